The van der Waals surface area contributed by atoms with Crippen LogP contribution in [0.2, 0.25) is 0 Å². The van der Waals surface area contributed by atoms with E-state index in [0.717, 1.165) is 6.41 Å². The Morgan fingerprint density at radius 1 is 1.50 bits per heavy atom. The summed E-state index contributed by atoms with van der Waals surface area (Å²) in [6.45, 7) is 4.13. The van der Waals surface area contributed by atoms with Crippen molar-refractivity contribution in [3.63, 3.8) is 0 Å². The summed E-state index contributed by atoms with van der Waals surface area (Å²) in [4.78, 5) is 12.0. The first-order valence-electron chi connectivity index (χ1n) is 2.98. The molecule has 0 aliphatic carbocycles. The van der Waals surface area contributed by atoms with Gasteiger partial charge in [-0.05, 0) is 20.3 Å². The highest BCUT2D eigenvalue weighted by molar-refractivity contribution is 5.50. The largest absolute Gasteiger partial charge is 0.340 e. The van der Waals surface area contributed by atoms with Crippen molar-refractivity contribution >= 4 is 6.41 Å². The van der Waals surface area contributed by atoms with E-state index in [1.165, 1.54) is 6.42 Å². The maximum atomic E-state index is 10.1. The molecule has 0 bridgehead atoms. The van der Waals surface area contributed by atoms with Gasteiger partial charge in [-0.2, -0.15) is 0 Å². The molecule has 2 heteroatoms. The van der Waals surface area contributed by atoms with Gasteiger partial charge in [-0.3, -0.25) is 4.79 Å². The van der Waals surface area contributed by atoms with Gasteiger partial charge in [-0.25, -0.2) is 0 Å². The molecule has 2 nitrogen and oxygen atoms in total. The van der Waals surface area contributed by atoms with Gasteiger partial charge in [0.25, 0.3) is 0 Å². The van der Waals surface area contributed by atoms with E-state index in [1.807, 2.05) is 4.90 Å². The zero-order chi connectivity index (χ0) is 6.15. The fourth-order valence-corrected chi connectivity index (χ4v) is 1.24. The molecule has 0 aromatic carbocycles. The standard InChI is InChI=1S/C6H11NO/c1-5-3-6(2)7(5)4-8/h4-6H,3H2,1-2H3/t5-,6-/m0/s1. The molecule has 0 N–H and O–H groups in total. The number of rotatable bonds is 1. The van der Waals surface area contributed by atoms with Crippen molar-refractivity contribution < 1.29 is 4.79 Å². The van der Waals surface area contributed by atoms with Crippen molar-refractivity contribution in [3.05, 3.63) is 0 Å². The van der Waals surface area contributed by atoms with Gasteiger partial charge >= 0.3 is 0 Å². The number of carbonyl (C=O) groups is 1. The maximum Gasteiger partial charge on any atom is 0.210 e. The summed E-state index contributed by atoms with van der Waals surface area (Å²) < 4.78 is 0. The third-order valence-corrected chi connectivity index (χ3v) is 1.82. The summed E-state index contributed by atoms with van der Waals surface area (Å²) in [6.07, 6.45) is 2.09. The van der Waals surface area contributed by atoms with E-state index >= 15 is 0 Å². The van der Waals surface area contributed by atoms with Crippen molar-refractivity contribution in [2.24, 2.45) is 0 Å². The van der Waals surface area contributed by atoms with Gasteiger partial charge in [-0.15, -0.1) is 0 Å². The maximum absolute atomic E-state index is 10.1. The average molecular weight is 113 g/mol. The molecular formula is C6H11NO. The molecule has 46 valence electrons. The average Bonchev–Trinajstić information content (AvgIpc) is 1.67. The SMILES string of the molecule is C[C@H]1C[C@H](C)N1C=O. The molecule has 8 heavy (non-hydrogen) atoms. The van der Waals surface area contributed by atoms with Gasteiger partial charge in [0.2, 0.25) is 6.41 Å². The number of hydrogen-bond acceptors (Lipinski definition) is 1. The molecule has 1 saturated heterocycles. The summed E-state index contributed by atoms with van der Waals surface area (Å²) in [5.41, 5.74) is 0. The highest BCUT2D eigenvalue weighted by Crippen LogP contribution is 2.21. The number of carbonyl (C=O) groups excluding carboxylic acids is 1. The van der Waals surface area contributed by atoms with E-state index in [4.69, 9.17) is 0 Å². The van der Waals surface area contributed by atoms with Crippen LogP contribution in [0.3, 0.4) is 0 Å². The second-order valence-electron chi connectivity index (χ2n) is 2.49. The van der Waals surface area contributed by atoms with E-state index in [0.29, 0.717) is 12.1 Å². The number of likely N-dealkylation sites (tertiary alicyclic amines) is 1. The minimum atomic E-state index is 0.488. The molecular weight excluding hydrogens is 102 g/mol. The molecule has 2 atom stereocenters. The van der Waals surface area contributed by atoms with Crippen LogP contribution in [0, 0.1) is 0 Å². The predicted octanol–water partition coefficient (Wildman–Crippen LogP) is 0.625. The third-order valence-electron chi connectivity index (χ3n) is 1.82. The van der Waals surface area contributed by atoms with Gasteiger partial charge in [0.15, 0.2) is 0 Å². The van der Waals surface area contributed by atoms with E-state index in [-0.39, 0.29) is 0 Å². The highest BCUT2D eigenvalue weighted by atomic mass is 16.1. The Morgan fingerprint density at radius 2 is 2.00 bits per heavy atom. The molecule has 1 aliphatic rings. The van der Waals surface area contributed by atoms with Crippen LogP contribution in [-0.4, -0.2) is 23.4 Å². The smallest absolute Gasteiger partial charge is 0.210 e. The minimum absolute atomic E-state index is 0.488. The number of amides is 1. The van der Waals surface area contributed by atoms with Gasteiger partial charge in [-0.1, -0.05) is 0 Å². The lowest BCUT2D eigenvalue weighted by atomic mass is 9.97. The molecule has 0 aromatic heterocycles. The van der Waals surface area contributed by atoms with Crippen molar-refractivity contribution in [2.75, 3.05) is 0 Å². The van der Waals surface area contributed by atoms with Crippen molar-refractivity contribution in [1.82, 2.24) is 4.90 Å². The van der Waals surface area contributed by atoms with Gasteiger partial charge in [0, 0.05) is 12.1 Å². The van der Waals surface area contributed by atoms with Crippen LogP contribution < -0.4 is 0 Å². The van der Waals surface area contributed by atoms with Gasteiger partial charge in [0.1, 0.15) is 0 Å². The molecule has 1 fully saturated rings. The van der Waals surface area contributed by atoms with E-state index in [2.05, 4.69) is 13.8 Å². The van der Waals surface area contributed by atoms with Crippen LogP contribution in [0.1, 0.15) is 20.3 Å². The van der Waals surface area contributed by atoms with Crippen LogP contribution >= 0.6 is 0 Å². The molecule has 0 spiro atoms. The molecule has 1 heterocycles. The lowest BCUT2D eigenvalue weighted by Crippen LogP contribution is -2.51. The van der Waals surface area contributed by atoms with Gasteiger partial charge in [0.05, 0.1) is 0 Å². The summed E-state index contributed by atoms with van der Waals surface area (Å²) in [6, 6.07) is 0.977. The van der Waals surface area contributed by atoms with Crippen LogP contribution in [-0.2, 0) is 4.79 Å². The van der Waals surface area contributed by atoms with Crippen molar-refractivity contribution in [2.45, 2.75) is 32.4 Å². The minimum Gasteiger partial charge on any atom is -0.340 e. The Labute approximate surface area is 49.5 Å². The zero-order valence-corrected chi connectivity index (χ0v) is 5.29. The number of nitrogens with zero attached hydrogens (tertiary/aromatic N) is 1. The molecule has 1 rings (SSSR count). The van der Waals surface area contributed by atoms with Crippen LogP contribution in [0.4, 0.5) is 0 Å². The normalized spacial score (nSPS) is 36.5. The van der Waals surface area contributed by atoms with Crippen molar-refractivity contribution in [1.29, 1.82) is 0 Å². The lowest BCUT2D eigenvalue weighted by Gasteiger charge is -2.42. The Bertz CT molecular complexity index is 94.7. The zero-order valence-electron chi connectivity index (χ0n) is 5.29. The third kappa shape index (κ3) is 0.602. The van der Waals surface area contributed by atoms with E-state index in [1.54, 1.807) is 0 Å². The summed E-state index contributed by atoms with van der Waals surface area (Å²) in [7, 11) is 0. The van der Waals surface area contributed by atoms with Gasteiger partial charge < -0.3 is 4.90 Å². The van der Waals surface area contributed by atoms with Crippen LogP contribution in [0.5, 0.6) is 0 Å². The Morgan fingerprint density at radius 3 is 2.12 bits per heavy atom. The van der Waals surface area contributed by atoms with E-state index in [9.17, 15) is 4.79 Å². The summed E-state index contributed by atoms with van der Waals surface area (Å²) in [5, 5.41) is 0. The van der Waals surface area contributed by atoms with Crippen molar-refractivity contribution in [3.8, 4) is 0 Å². The summed E-state index contributed by atoms with van der Waals surface area (Å²) >= 11 is 0. The second-order valence-corrected chi connectivity index (χ2v) is 2.49. The molecule has 1 aliphatic heterocycles. The Balaban J connectivity index is 2.39. The van der Waals surface area contributed by atoms with Crippen LogP contribution in [0.15, 0.2) is 0 Å². The van der Waals surface area contributed by atoms with E-state index < -0.39 is 0 Å². The molecule has 0 radical (unpaired) electrons. The lowest BCUT2D eigenvalue weighted by molar-refractivity contribution is -0.128. The van der Waals surface area contributed by atoms with Crippen LogP contribution in [0.25, 0.3) is 0 Å². The monoisotopic (exact) mass is 113 g/mol. The molecule has 0 unspecified atom stereocenters. The predicted molar refractivity (Wildman–Crippen MR) is 31.4 cm³/mol. The molecule has 1 amide bonds. The molecule has 0 aromatic rings. The fraction of sp³-hybridized carbons (Fsp3) is 0.833. The Hall–Kier alpha value is -0.530. The fourth-order valence-electron chi connectivity index (χ4n) is 1.24. The Kier molecular flexibility index (Phi) is 1.24. The number of hydrogen-bond donors (Lipinski definition) is 0. The first-order valence-corrected chi connectivity index (χ1v) is 2.98. The first-order chi connectivity index (χ1) is 3.75. The second kappa shape index (κ2) is 1.77. The molecule has 0 saturated carbocycles. The first kappa shape index (κ1) is 5.60. The quantitative estimate of drug-likeness (QED) is 0.456. The summed E-state index contributed by atoms with van der Waals surface area (Å²) in [5.74, 6) is 0. The highest BCUT2D eigenvalue weighted by Gasteiger charge is 2.29. The topological polar surface area (TPSA) is 20.3 Å².